The Labute approximate surface area is 118 Å². The molecule has 0 atom stereocenters. The molecular formula is C14H20N2O4. The van der Waals surface area contributed by atoms with Crippen LogP contribution in [-0.4, -0.2) is 36.6 Å². The molecule has 3 N–H and O–H groups in total. The molecular weight excluding hydrogens is 260 g/mol. The lowest BCUT2D eigenvalue weighted by atomic mass is 10.1. The summed E-state index contributed by atoms with van der Waals surface area (Å²) in [5.74, 6) is -0.227. The minimum atomic E-state index is -0.446. The number of methoxy groups -OCH3 is 1. The van der Waals surface area contributed by atoms with Crippen molar-refractivity contribution in [2.45, 2.75) is 26.3 Å². The molecule has 0 aliphatic carbocycles. The zero-order chi connectivity index (χ0) is 15.1. The van der Waals surface area contributed by atoms with E-state index in [1.807, 2.05) is 13.8 Å². The molecule has 1 rings (SSSR count). The Hall–Kier alpha value is -2.24. The molecule has 0 bridgehead atoms. The second-order valence-electron chi connectivity index (χ2n) is 4.61. The summed E-state index contributed by atoms with van der Waals surface area (Å²) in [6.07, 6.45) is 0.189. The maximum Gasteiger partial charge on any atom is 0.255 e. The lowest BCUT2D eigenvalue weighted by molar-refractivity contribution is -0.121. The number of carbonyl (C=O) groups is 2. The second-order valence-corrected chi connectivity index (χ2v) is 4.61. The van der Waals surface area contributed by atoms with Crippen LogP contribution in [0.3, 0.4) is 0 Å². The molecule has 110 valence electrons. The SMILES string of the molecule is COc1ccc(O)c(C(=O)NCCC(=O)NC(C)C)c1. The van der Waals surface area contributed by atoms with Crippen molar-refractivity contribution in [3.8, 4) is 11.5 Å². The Bertz CT molecular complexity index is 486. The van der Waals surface area contributed by atoms with Crippen LogP contribution in [0.2, 0.25) is 0 Å². The molecule has 0 saturated carbocycles. The number of rotatable bonds is 6. The summed E-state index contributed by atoms with van der Waals surface area (Å²) in [7, 11) is 1.48. The van der Waals surface area contributed by atoms with Gasteiger partial charge in [0, 0.05) is 19.0 Å². The average Bonchev–Trinajstić information content (AvgIpc) is 2.38. The maximum absolute atomic E-state index is 11.9. The highest BCUT2D eigenvalue weighted by molar-refractivity contribution is 5.97. The van der Waals surface area contributed by atoms with Crippen LogP contribution in [0.5, 0.6) is 11.5 Å². The van der Waals surface area contributed by atoms with Crippen molar-refractivity contribution in [3.63, 3.8) is 0 Å². The largest absolute Gasteiger partial charge is 0.507 e. The van der Waals surface area contributed by atoms with Crippen LogP contribution in [-0.2, 0) is 4.79 Å². The van der Waals surface area contributed by atoms with Crippen LogP contribution in [0.25, 0.3) is 0 Å². The lowest BCUT2D eigenvalue weighted by Gasteiger charge is -2.10. The van der Waals surface area contributed by atoms with Gasteiger partial charge in [-0.15, -0.1) is 0 Å². The highest BCUT2D eigenvalue weighted by atomic mass is 16.5. The molecule has 6 nitrogen and oxygen atoms in total. The van der Waals surface area contributed by atoms with Gasteiger partial charge in [-0.3, -0.25) is 9.59 Å². The van der Waals surface area contributed by atoms with E-state index in [0.717, 1.165) is 0 Å². The first-order valence-electron chi connectivity index (χ1n) is 6.38. The summed E-state index contributed by atoms with van der Waals surface area (Å²) in [5, 5.41) is 14.9. The number of nitrogens with one attached hydrogen (secondary N) is 2. The Morgan fingerprint density at radius 3 is 2.65 bits per heavy atom. The summed E-state index contributed by atoms with van der Waals surface area (Å²) in [4.78, 5) is 23.3. The van der Waals surface area contributed by atoms with Gasteiger partial charge in [-0.1, -0.05) is 0 Å². The molecule has 0 spiro atoms. The molecule has 0 aliphatic heterocycles. The van der Waals surface area contributed by atoms with Crippen molar-refractivity contribution in [1.82, 2.24) is 10.6 Å². The minimum absolute atomic E-state index is 0.0700. The van der Waals surface area contributed by atoms with Crippen molar-refractivity contribution in [3.05, 3.63) is 23.8 Å². The zero-order valence-corrected chi connectivity index (χ0v) is 11.9. The van der Waals surface area contributed by atoms with E-state index < -0.39 is 5.91 Å². The van der Waals surface area contributed by atoms with Gasteiger partial charge in [0.25, 0.3) is 5.91 Å². The molecule has 1 aromatic rings. The summed E-state index contributed by atoms with van der Waals surface area (Å²) in [5.41, 5.74) is 0.119. The van der Waals surface area contributed by atoms with Crippen molar-refractivity contribution >= 4 is 11.8 Å². The van der Waals surface area contributed by atoms with E-state index in [1.54, 1.807) is 6.07 Å². The average molecular weight is 280 g/mol. The number of hydrogen-bond donors (Lipinski definition) is 3. The quantitative estimate of drug-likeness (QED) is 0.726. The molecule has 0 radical (unpaired) electrons. The monoisotopic (exact) mass is 280 g/mol. The molecule has 0 aliphatic rings. The first-order chi connectivity index (χ1) is 9.43. The van der Waals surface area contributed by atoms with Crippen LogP contribution < -0.4 is 15.4 Å². The van der Waals surface area contributed by atoms with E-state index in [0.29, 0.717) is 5.75 Å². The summed E-state index contributed by atoms with van der Waals surface area (Å²) < 4.78 is 4.99. The fraction of sp³-hybridized carbons (Fsp3) is 0.429. The molecule has 0 fully saturated rings. The third-order valence-corrected chi connectivity index (χ3v) is 2.54. The molecule has 0 saturated heterocycles. The van der Waals surface area contributed by atoms with E-state index in [1.165, 1.54) is 19.2 Å². The normalized spacial score (nSPS) is 10.2. The van der Waals surface area contributed by atoms with Crippen LogP contribution in [0.4, 0.5) is 0 Å². The molecule has 0 heterocycles. The van der Waals surface area contributed by atoms with Gasteiger partial charge in [0.15, 0.2) is 0 Å². The van der Waals surface area contributed by atoms with E-state index >= 15 is 0 Å². The van der Waals surface area contributed by atoms with Crippen molar-refractivity contribution < 1.29 is 19.4 Å². The Balaban J connectivity index is 2.53. The molecule has 6 heteroatoms. The highest BCUT2D eigenvalue weighted by Crippen LogP contribution is 2.22. The van der Waals surface area contributed by atoms with Crippen LogP contribution in [0, 0.1) is 0 Å². The van der Waals surface area contributed by atoms with E-state index in [9.17, 15) is 14.7 Å². The van der Waals surface area contributed by atoms with Crippen molar-refractivity contribution in [2.75, 3.05) is 13.7 Å². The molecule has 0 unspecified atom stereocenters. The number of hydrogen-bond acceptors (Lipinski definition) is 4. The predicted octanol–water partition coefficient (Wildman–Crippen LogP) is 1.05. The fourth-order valence-corrected chi connectivity index (χ4v) is 1.60. The Morgan fingerprint density at radius 1 is 1.35 bits per heavy atom. The number of aromatic hydroxyl groups is 1. The third-order valence-electron chi connectivity index (χ3n) is 2.54. The predicted molar refractivity (Wildman–Crippen MR) is 74.9 cm³/mol. The van der Waals surface area contributed by atoms with Gasteiger partial charge in [-0.2, -0.15) is 0 Å². The van der Waals surface area contributed by atoms with Gasteiger partial charge < -0.3 is 20.5 Å². The van der Waals surface area contributed by atoms with Gasteiger partial charge in [-0.25, -0.2) is 0 Å². The molecule has 2 amide bonds. The van der Waals surface area contributed by atoms with Gasteiger partial charge in [0.1, 0.15) is 11.5 Å². The van der Waals surface area contributed by atoms with E-state index in [4.69, 9.17) is 4.74 Å². The Kier molecular flexibility index (Phi) is 5.83. The van der Waals surface area contributed by atoms with Crippen molar-refractivity contribution in [1.29, 1.82) is 0 Å². The fourth-order valence-electron chi connectivity index (χ4n) is 1.60. The lowest BCUT2D eigenvalue weighted by Crippen LogP contribution is -2.34. The number of amides is 2. The second kappa shape index (κ2) is 7.37. The first kappa shape index (κ1) is 15.8. The molecule has 1 aromatic carbocycles. The van der Waals surface area contributed by atoms with Gasteiger partial charge in [-0.05, 0) is 32.0 Å². The number of phenolic OH excluding ortho intramolecular Hbond substituents is 1. The summed E-state index contributed by atoms with van der Waals surface area (Å²) in [6, 6.07) is 4.46. The highest BCUT2D eigenvalue weighted by Gasteiger charge is 2.12. The topological polar surface area (TPSA) is 87.7 Å². The van der Waals surface area contributed by atoms with Crippen LogP contribution in [0.15, 0.2) is 18.2 Å². The van der Waals surface area contributed by atoms with Gasteiger partial charge >= 0.3 is 0 Å². The molecule has 0 aromatic heterocycles. The van der Waals surface area contributed by atoms with Crippen LogP contribution >= 0.6 is 0 Å². The Morgan fingerprint density at radius 2 is 2.05 bits per heavy atom. The van der Waals surface area contributed by atoms with Crippen molar-refractivity contribution in [2.24, 2.45) is 0 Å². The number of benzene rings is 1. The minimum Gasteiger partial charge on any atom is -0.507 e. The van der Waals surface area contributed by atoms with E-state index in [2.05, 4.69) is 10.6 Å². The van der Waals surface area contributed by atoms with Crippen LogP contribution in [0.1, 0.15) is 30.6 Å². The maximum atomic E-state index is 11.9. The molecule has 20 heavy (non-hydrogen) atoms. The number of ether oxygens (including phenoxy) is 1. The first-order valence-corrected chi connectivity index (χ1v) is 6.38. The zero-order valence-electron chi connectivity index (χ0n) is 11.9. The number of phenols is 1. The third kappa shape index (κ3) is 4.79. The standard InChI is InChI=1S/C14H20N2O4/c1-9(2)16-13(18)6-7-15-14(19)11-8-10(20-3)4-5-12(11)17/h4-5,8-9,17H,6-7H2,1-3H3,(H,15,19)(H,16,18). The summed E-state index contributed by atoms with van der Waals surface area (Å²) in [6.45, 7) is 3.93. The number of carbonyl (C=O) groups excluding carboxylic acids is 2. The summed E-state index contributed by atoms with van der Waals surface area (Å²) >= 11 is 0. The van der Waals surface area contributed by atoms with Gasteiger partial charge in [0.2, 0.25) is 5.91 Å². The van der Waals surface area contributed by atoms with E-state index in [-0.39, 0.29) is 36.2 Å². The van der Waals surface area contributed by atoms with Gasteiger partial charge in [0.05, 0.1) is 12.7 Å². The smallest absolute Gasteiger partial charge is 0.255 e.